The Morgan fingerprint density at radius 1 is 0.583 bits per heavy atom. The first-order valence-electron chi connectivity index (χ1n) is 11.5. The van der Waals surface area contributed by atoms with Crippen LogP contribution in [0.4, 0.5) is 0 Å². The van der Waals surface area contributed by atoms with E-state index >= 15 is 0 Å². The molecule has 6 nitrogen and oxygen atoms in total. The van der Waals surface area contributed by atoms with E-state index in [0.717, 1.165) is 16.7 Å². The summed E-state index contributed by atoms with van der Waals surface area (Å²) in [6.45, 7) is 3.87. The van der Waals surface area contributed by atoms with Crippen LogP contribution in [-0.4, -0.2) is 25.5 Å². The van der Waals surface area contributed by atoms with E-state index in [9.17, 15) is 25.5 Å². The zero-order chi connectivity index (χ0) is 25.7. The summed E-state index contributed by atoms with van der Waals surface area (Å²) in [5, 5.41) is 50.8. The summed E-state index contributed by atoms with van der Waals surface area (Å²) in [5.41, 5.74) is 1.67. The van der Waals surface area contributed by atoms with E-state index in [-0.39, 0.29) is 28.7 Å². The fourth-order valence-corrected chi connectivity index (χ4v) is 5.13. The molecule has 0 saturated heterocycles. The SMILES string of the molecule is C[C@]1(c2cc(O)cc(O)c2)c2c(C=Cc3ccc(O)cc3)cc(O)cc2O[C@]1(C)c1ccc(O)cc1. The predicted octanol–water partition coefficient (Wildman–Crippen LogP) is 6.00. The van der Waals surface area contributed by atoms with E-state index in [1.54, 1.807) is 72.8 Å². The topological polar surface area (TPSA) is 110 Å². The third kappa shape index (κ3) is 3.67. The fraction of sp³-hybridized carbons (Fsp3) is 0.133. The smallest absolute Gasteiger partial charge is 0.145 e. The first kappa shape index (κ1) is 23.2. The Bertz CT molecular complexity index is 1450. The van der Waals surface area contributed by atoms with Gasteiger partial charge in [0.25, 0.3) is 0 Å². The molecule has 6 heteroatoms. The second-order valence-corrected chi connectivity index (χ2v) is 9.38. The Morgan fingerprint density at radius 2 is 1.14 bits per heavy atom. The van der Waals surface area contributed by atoms with Crippen molar-refractivity contribution in [1.82, 2.24) is 0 Å². The van der Waals surface area contributed by atoms with Gasteiger partial charge in [0, 0.05) is 17.7 Å². The number of rotatable bonds is 4. The number of phenolic OH excluding ortho intramolecular Hbond substituents is 5. The number of aromatic hydroxyl groups is 5. The van der Waals surface area contributed by atoms with Crippen molar-refractivity contribution in [3.63, 3.8) is 0 Å². The van der Waals surface area contributed by atoms with Crippen LogP contribution in [0.15, 0.2) is 78.9 Å². The largest absolute Gasteiger partial charge is 0.508 e. The lowest BCUT2D eigenvalue weighted by Crippen LogP contribution is -2.45. The Kier molecular flexibility index (Phi) is 5.32. The molecule has 1 heterocycles. The molecule has 0 unspecified atom stereocenters. The maximum Gasteiger partial charge on any atom is 0.145 e. The van der Waals surface area contributed by atoms with Gasteiger partial charge in [-0.25, -0.2) is 0 Å². The maximum atomic E-state index is 10.6. The maximum absolute atomic E-state index is 10.6. The summed E-state index contributed by atoms with van der Waals surface area (Å²) in [5.74, 6) is 0.585. The van der Waals surface area contributed by atoms with Gasteiger partial charge in [0.1, 0.15) is 40.1 Å². The van der Waals surface area contributed by atoms with Crippen molar-refractivity contribution in [2.75, 3.05) is 0 Å². The van der Waals surface area contributed by atoms with E-state index in [4.69, 9.17) is 4.74 Å². The molecule has 182 valence electrons. The minimum Gasteiger partial charge on any atom is -0.508 e. The van der Waals surface area contributed by atoms with Gasteiger partial charge >= 0.3 is 0 Å². The average Bonchev–Trinajstić information content (AvgIpc) is 3.06. The van der Waals surface area contributed by atoms with Crippen LogP contribution in [-0.2, 0) is 11.0 Å². The third-order valence-corrected chi connectivity index (χ3v) is 7.13. The second kappa shape index (κ2) is 8.27. The lowest BCUT2D eigenvalue weighted by atomic mass is 9.63. The zero-order valence-corrected chi connectivity index (χ0v) is 19.8. The van der Waals surface area contributed by atoms with Gasteiger partial charge in [0.2, 0.25) is 0 Å². The standard InChI is InChI=1S/C30H26O6/c1-29(21-14-25(34)16-26(35)15-21)28-19(6-3-18-4-9-22(31)10-5-18)13-24(33)17-27(28)36-30(29,2)20-7-11-23(32)12-8-20/h3-17,31-35H,1-2H3/t29-,30+/m0/s1. The molecular formula is C30H26O6. The molecule has 0 saturated carbocycles. The quantitative estimate of drug-likeness (QED) is 0.228. The van der Waals surface area contributed by atoms with Crippen LogP contribution >= 0.6 is 0 Å². The molecule has 2 atom stereocenters. The number of ether oxygens (including phenoxy) is 1. The van der Waals surface area contributed by atoms with Crippen molar-refractivity contribution in [2.24, 2.45) is 0 Å². The summed E-state index contributed by atoms with van der Waals surface area (Å²) in [6, 6.07) is 21.1. The van der Waals surface area contributed by atoms with Gasteiger partial charge < -0.3 is 30.3 Å². The van der Waals surface area contributed by atoms with Gasteiger partial charge in [-0.15, -0.1) is 0 Å². The molecule has 36 heavy (non-hydrogen) atoms. The molecule has 5 N–H and O–H groups in total. The van der Waals surface area contributed by atoms with Gasteiger partial charge in [-0.1, -0.05) is 36.4 Å². The molecule has 0 aliphatic carbocycles. The summed E-state index contributed by atoms with van der Waals surface area (Å²) in [4.78, 5) is 0. The number of benzene rings is 4. The molecule has 5 rings (SSSR count). The first-order valence-corrected chi connectivity index (χ1v) is 11.5. The average molecular weight is 483 g/mol. The van der Waals surface area contributed by atoms with Crippen molar-refractivity contribution < 1.29 is 30.3 Å². The van der Waals surface area contributed by atoms with Crippen LogP contribution in [0.3, 0.4) is 0 Å². The summed E-state index contributed by atoms with van der Waals surface area (Å²) in [7, 11) is 0. The van der Waals surface area contributed by atoms with Gasteiger partial charge in [0.15, 0.2) is 0 Å². The molecule has 1 aliphatic rings. The molecule has 1 aliphatic heterocycles. The molecule has 0 aromatic heterocycles. The van der Waals surface area contributed by atoms with Crippen LogP contribution in [0, 0.1) is 0 Å². The fourth-order valence-electron chi connectivity index (χ4n) is 5.13. The minimum absolute atomic E-state index is 0.0233. The predicted molar refractivity (Wildman–Crippen MR) is 137 cm³/mol. The van der Waals surface area contributed by atoms with Crippen molar-refractivity contribution in [3.05, 3.63) is 107 Å². The lowest BCUT2D eigenvalue weighted by Gasteiger charge is -2.41. The molecule has 4 aromatic rings. The Morgan fingerprint density at radius 3 is 1.75 bits per heavy atom. The number of hydrogen-bond acceptors (Lipinski definition) is 6. The van der Waals surface area contributed by atoms with Crippen molar-refractivity contribution in [2.45, 2.75) is 24.9 Å². The first-order chi connectivity index (χ1) is 17.1. The molecule has 0 fully saturated rings. The highest BCUT2D eigenvalue weighted by atomic mass is 16.5. The lowest BCUT2D eigenvalue weighted by molar-refractivity contribution is 0.0575. The third-order valence-electron chi connectivity index (χ3n) is 7.13. The zero-order valence-electron chi connectivity index (χ0n) is 19.8. The number of phenols is 5. The van der Waals surface area contributed by atoms with Gasteiger partial charge in [0.05, 0.1) is 5.41 Å². The van der Waals surface area contributed by atoms with Crippen molar-refractivity contribution in [1.29, 1.82) is 0 Å². The van der Waals surface area contributed by atoms with E-state index in [0.29, 0.717) is 16.9 Å². The molecule has 0 radical (unpaired) electrons. The Labute approximate surface area is 208 Å². The van der Waals surface area contributed by atoms with Crippen LogP contribution in [0.25, 0.3) is 12.2 Å². The highest BCUT2D eigenvalue weighted by Gasteiger charge is 2.57. The summed E-state index contributed by atoms with van der Waals surface area (Å²) >= 11 is 0. The minimum atomic E-state index is -1.04. The van der Waals surface area contributed by atoms with E-state index < -0.39 is 11.0 Å². The van der Waals surface area contributed by atoms with Gasteiger partial charge in [-0.3, -0.25) is 0 Å². The highest BCUT2D eigenvalue weighted by Crippen LogP contribution is 2.60. The summed E-state index contributed by atoms with van der Waals surface area (Å²) < 4.78 is 6.59. The van der Waals surface area contributed by atoms with Gasteiger partial charge in [-0.2, -0.15) is 0 Å². The Hall–Kier alpha value is -4.58. The van der Waals surface area contributed by atoms with Crippen LogP contribution in [0.1, 0.15) is 41.7 Å². The normalized spacial score (nSPS) is 20.8. The molecular weight excluding hydrogens is 456 g/mol. The summed E-state index contributed by atoms with van der Waals surface area (Å²) in [6.07, 6.45) is 3.73. The monoisotopic (exact) mass is 482 g/mol. The molecule has 0 amide bonds. The van der Waals surface area contributed by atoms with Crippen LogP contribution < -0.4 is 4.74 Å². The highest BCUT2D eigenvalue weighted by molar-refractivity contribution is 5.77. The van der Waals surface area contributed by atoms with Crippen LogP contribution in [0.5, 0.6) is 34.5 Å². The van der Waals surface area contributed by atoms with E-state index in [1.165, 1.54) is 6.07 Å². The second-order valence-electron chi connectivity index (χ2n) is 9.38. The van der Waals surface area contributed by atoms with Crippen molar-refractivity contribution >= 4 is 12.2 Å². The molecule has 0 bridgehead atoms. The Balaban J connectivity index is 1.77. The van der Waals surface area contributed by atoms with Crippen LogP contribution in [0.2, 0.25) is 0 Å². The molecule has 0 spiro atoms. The van der Waals surface area contributed by atoms with Gasteiger partial charge in [-0.05, 0) is 78.6 Å². The van der Waals surface area contributed by atoms with E-state index in [2.05, 4.69) is 0 Å². The molecule has 4 aromatic carbocycles. The van der Waals surface area contributed by atoms with E-state index in [1.807, 2.05) is 26.0 Å². The number of fused-ring (bicyclic) bond motifs is 1. The number of hydrogen-bond donors (Lipinski definition) is 5. The van der Waals surface area contributed by atoms with Crippen molar-refractivity contribution in [3.8, 4) is 34.5 Å².